The van der Waals surface area contributed by atoms with E-state index in [0.717, 1.165) is 18.9 Å². The number of benzene rings is 1. The maximum atomic E-state index is 13.2. The van der Waals surface area contributed by atoms with Crippen molar-refractivity contribution in [3.8, 4) is 5.75 Å². The number of aromatic nitrogens is 1. The van der Waals surface area contributed by atoms with E-state index in [4.69, 9.17) is 5.73 Å². The van der Waals surface area contributed by atoms with E-state index in [1.807, 2.05) is 4.90 Å². The van der Waals surface area contributed by atoms with Gasteiger partial charge in [-0.05, 0) is 49.4 Å². The molecule has 168 valence electrons. The summed E-state index contributed by atoms with van der Waals surface area (Å²) in [5, 5.41) is 12.3. The average molecular weight is 436 g/mol. The van der Waals surface area contributed by atoms with E-state index in [9.17, 15) is 23.1 Å². The third-order valence-electron chi connectivity index (χ3n) is 5.73. The highest BCUT2D eigenvalue weighted by molar-refractivity contribution is 5.83. The second-order valence-electron chi connectivity index (χ2n) is 8.10. The quantitative estimate of drug-likeness (QED) is 0.486. The van der Waals surface area contributed by atoms with Gasteiger partial charge in [0.05, 0.1) is 11.6 Å². The molecule has 1 unspecified atom stereocenters. The third-order valence-corrected chi connectivity index (χ3v) is 5.73. The molecule has 1 atom stereocenters. The molecular weight excluding hydrogens is 409 g/mol. The molecule has 1 saturated heterocycles. The lowest BCUT2D eigenvalue weighted by atomic mass is 9.98. The fourth-order valence-electron chi connectivity index (χ4n) is 3.60. The molecule has 3 rings (SSSR count). The molecule has 2 heterocycles. The summed E-state index contributed by atoms with van der Waals surface area (Å²) >= 11 is 0. The molecule has 0 aliphatic carbocycles. The zero-order valence-electron chi connectivity index (χ0n) is 17.5. The number of rotatable bonds is 5. The number of pyridine rings is 1. The highest BCUT2D eigenvalue weighted by Crippen LogP contribution is 2.32. The lowest BCUT2D eigenvalue weighted by Crippen LogP contribution is -2.35. The van der Waals surface area contributed by atoms with Gasteiger partial charge in [-0.2, -0.15) is 13.2 Å². The molecule has 0 saturated carbocycles. The molecule has 1 fully saturated rings. The van der Waals surface area contributed by atoms with Crippen LogP contribution in [-0.4, -0.2) is 29.1 Å². The first-order valence-corrected chi connectivity index (χ1v) is 10.2. The minimum absolute atomic E-state index is 0.0588. The fourth-order valence-corrected chi connectivity index (χ4v) is 3.60. The van der Waals surface area contributed by atoms with Crippen LogP contribution in [0.15, 0.2) is 30.3 Å². The summed E-state index contributed by atoms with van der Waals surface area (Å²) in [5.41, 5.74) is 6.09. The second kappa shape index (κ2) is 9.03. The zero-order valence-corrected chi connectivity index (χ0v) is 17.5. The molecule has 6 nitrogen and oxygen atoms in total. The van der Waals surface area contributed by atoms with Crippen molar-refractivity contribution in [2.75, 3.05) is 23.7 Å². The highest BCUT2D eigenvalue weighted by Gasteiger charge is 2.34. The molecule has 0 spiro atoms. The summed E-state index contributed by atoms with van der Waals surface area (Å²) in [5.74, 6) is -0.132. The van der Waals surface area contributed by atoms with Crippen molar-refractivity contribution in [1.29, 1.82) is 0 Å². The van der Waals surface area contributed by atoms with Gasteiger partial charge in [-0.15, -0.1) is 0 Å². The fraction of sp³-hybridized carbons (Fsp3) is 0.455. The van der Waals surface area contributed by atoms with Crippen LogP contribution in [0.2, 0.25) is 0 Å². The van der Waals surface area contributed by atoms with Gasteiger partial charge in [0.25, 0.3) is 0 Å². The van der Waals surface area contributed by atoms with E-state index in [1.165, 1.54) is 18.2 Å². The van der Waals surface area contributed by atoms with Crippen LogP contribution < -0.4 is 16.0 Å². The molecule has 31 heavy (non-hydrogen) atoms. The Kier molecular flexibility index (Phi) is 6.62. The highest BCUT2D eigenvalue weighted by atomic mass is 19.4. The predicted octanol–water partition coefficient (Wildman–Crippen LogP) is 4.04. The van der Waals surface area contributed by atoms with Crippen LogP contribution in [0.4, 0.5) is 24.7 Å². The number of anilines is 2. The predicted molar refractivity (Wildman–Crippen MR) is 113 cm³/mol. The second-order valence-corrected chi connectivity index (χ2v) is 8.10. The standard InChI is InChI=1S/C22H27F3N4O2/c1-13-7-9-29(10-8-13)20-16(4-6-19(28-20)22(23,24)25)12-27-21(31)14(2)15-3-5-18(30)17(26)11-15/h3-6,11,13-14,30H,7-10,12,26H2,1-2H3,(H,27,31). The molecule has 1 aromatic heterocycles. The van der Waals surface area contributed by atoms with Gasteiger partial charge in [-0.1, -0.05) is 19.1 Å². The molecule has 4 N–H and O–H groups in total. The summed E-state index contributed by atoms with van der Waals surface area (Å²) in [6.07, 6.45) is -2.78. The first-order valence-electron chi connectivity index (χ1n) is 10.2. The van der Waals surface area contributed by atoms with Gasteiger partial charge in [0, 0.05) is 25.2 Å². The van der Waals surface area contributed by atoms with Gasteiger partial charge >= 0.3 is 6.18 Å². The normalized spacial score (nSPS) is 16.2. The summed E-state index contributed by atoms with van der Waals surface area (Å²) < 4.78 is 39.7. The lowest BCUT2D eigenvalue weighted by molar-refractivity contribution is -0.141. The maximum absolute atomic E-state index is 13.2. The van der Waals surface area contributed by atoms with Gasteiger partial charge in [0.15, 0.2) is 0 Å². The van der Waals surface area contributed by atoms with Gasteiger partial charge in [-0.25, -0.2) is 4.98 Å². The van der Waals surface area contributed by atoms with E-state index in [-0.39, 0.29) is 29.7 Å². The number of piperidine rings is 1. The van der Waals surface area contributed by atoms with Crippen LogP contribution in [0.25, 0.3) is 0 Å². The zero-order chi connectivity index (χ0) is 22.8. The topological polar surface area (TPSA) is 91.5 Å². The summed E-state index contributed by atoms with van der Waals surface area (Å²) in [4.78, 5) is 18.4. The Hall–Kier alpha value is -2.97. The number of phenolic OH excluding ortho intramolecular Hbond substituents is 1. The molecule has 0 bridgehead atoms. The number of alkyl halides is 3. The number of aromatic hydroxyl groups is 1. The number of nitrogen functional groups attached to an aromatic ring is 1. The monoisotopic (exact) mass is 436 g/mol. The van der Waals surface area contributed by atoms with Crippen molar-refractivity contribution < 1.29 is 23.1 Å². The van der Waals surface area contributed by atoms with Gasteiger partial charge in [0.2, 0.25) is 5.91 Å². The largest absolute Gasteiger partial charge is 0.506 e. The van der Waals surface area contributed by atoms with Crippen LogP contribution in [0.3, 0.4) is 0 Å². The number of nitrogens with two attached hydrogens (primary N) is 1. The number of hydrogen-bond acceptors (Lipinski definition) is 5. The minimum Gasteiger partial charge on any atom is -0.506 e. The van der Waals surface area contributed by atoms with Crippen LogP contribution in [0, 0.1) is 5.92 Å². The third kappa shape index (κ3) is 5.39. The summed E-state index contributed by atoms with van der Waals surface area (Å²) in [7, 11) is 0. The Labute approximate surface area is 179 Å². The Morgan fingerprint density at radius 2 is 1.97 bits per heavy atom. The number of nitrogens with one attached hydrogen (secondary N) is 1. The van der Waals surface area contributed by atoms with Crippen molar-refractivity contribution >= 4 is 17.4 Å². The number of hydrogen-bond donors (Lipinski definition) is 3. The Morgan fingerprint density at radius 1 is 1.29 bits per heavy atom. The Bertz CT molecular complexity index is 941. The van der Waals surface area contributed by atoms with Gasteiger partial charge < -0.3 is 21.1 Å². The van der Waals surface area contributed by atoms with E-state index in [2.05, 4.69) is 17.2 Å². The molecule has 1 aliphatic rings. The molecule has 2 aromatic rings. The van der Waals surface area contributed by atoms with E-state index in [1.54, 1.807) is 13.0 Å². The number of halogens is 3. The SMILES string of the molecule is CC1CCN(c2nc(C(F)(F)F)ccc2CNC(=O)C(C)c2ccc(O)c(N)c2)CC1. The molecule has 1 aromatic carbocycles. The number of amides is 1. The van der Waals surface area contributed by atoms with Crippen LogP contribution in [0.5, 0.6) is 5.75 Å². The first kappa shape index (κ1) is 22.7. The Balaban J connectivity index is 1.78. The average Bonchev–Trinajstić information content (AvgIpc) is 2.73. The maximum Gasteiger partial charge on any atom is 0.433 e. The lowest BCUT2D eigenvalue weighted by Gasteiger charge is -2.33. The number of carbonyl (C=O) groups excluding carboxylic acids is 1. The minimum atomic E-state index is -4.53. The van der Waals surface area contributed by atoms with E-state index < -0.39 is 17.8 Å². The summed E-state index contributed by atoms with van der Waals surface area (Å²) in [6, 6.07) is 6.88. The van der Waals surface area contributed by atoms with Crippen LogP contribution in [-0.2, 0) is 17.5 Å². The van der Waals surface area contributed by atoms with Crippen LogP contribution in [0.1, 0.15) is 49.4 Å². The van der Waals surface area contributed by atoms with Crippen molar-refractivity contribution in [2.24, 2.45) is 5.92 Å². The van der Waals surface area contributed by atoms with E-state index in [0.29, 0.717) is 30.1 Å². The van der Waals surface area contributed by atoms with Crippen molar-refractivity contribution in [2.45, 2.75) is 45.3 Å². The molecule has 1 amide bonds. The molecule has 9 heteroatoms. The number of phenols is 1. The summed E-state index contributed by atoms with van der Waals surface area (Å²) in [6.45, 7) is 5.12. The van der Waals surface area contributed by atoms with E-state index >= 15 is 0 Å². The molecular formula is C22H27F3N4O2. The Morgan fingerprint density at radius 3 is 2.58 bits per heavy atom. The van der Waals surface area contributed by atoms with Crippen molar-refractivity contribution in [1.82, 2.24) is 10.3 Å². The molecule has 0 radical (unpaired) electrons. The van der Waals surface area contributed by atoms with Crippen molar-refractivity contribution in [3.05, 3.63) is 47.2 Å². The molecule has 1 aliphatic heterocycles. The first-order chi connectivity index (χ1) is 14.6. The smallest absolute Gasteiger partial charge is 0.433 e. The van der Waals surface area contributed by atoms with Crippen molar-refractivity contribution in [3.63, 3.8) is 0 Å². The number of carbonyl (C=O) groups is 1. The van der Waals surface area contributed by atoms with Gasteiger partial charge in [0.1, 0.15) is 17.3 Å². The van der Waals surface area contributed by atoms with Crippen LogP contribution >= 0.6 is 0 Å². The number of nitrogens with zero attached hydrogens (tertiary/aromatic N) is 2. The van der Waals surface area contributed by atoms with Gasteiger partial charge in [-0.3, -0.25) is 4.79 Å².